The molecule has 0 aromatic heterocycles. The van der Waals surface area contributed by atoms with Gasteiger partial charge in [-0.3, -0.25) is 4.79 Å². The predicted molar refractivity (Wildman–Crippen MR) is 59.9 cm³/mol. The molecule has 1 aromatic rings. The van der Waals surface area contributed by atoms with Crippen LogP contribution < -0.4 is 0 Å². The molecule has 1 heterocycles. The Labute approximate surface area is 106 Å². The summed E-state index contributed by atoms with van der Waals surface area (Å²) in [5.74, 6) is -1.19. The second kappa shape index (κ2) is 4.64. The van der Waals surface area contributed by atoms with Gasteiger partial charge in [0.25, 0.3) is 0 Å². The van der Waals surface area contributed by atoms with Gasteiger partial charge in [-0.2, -0.15) is 18.3 Å². The van der Waals surface area contributed by atoms with Crippen LogP contribution in [0.3, 0.4) is 0 Å². The fraction of sp³-hybridized carbons (Fsp3) is 0.333. The summed E-state index contributed by atoms with van der Waals surface area (Å²) < 4.78 is 50.7. The molecule has 0 N–H and O–H groups in total. The molecule has 1 amide bonds. The maximum absolute atomic E-state index is 13.2. The van der Waals surface area contributed by atoms with Crippen molar-refractivity contribution in [2.75, 3.05) is 7.05 Å². The molecule has 0 saturated heterocycles. The molecule has 1 aromatic carbocycles. The maximum atomic E-state index is 13.2. The van der Waals surface area contributed by atoms with Crippen LogP contribution in [-0.2, 0) is 17.4 Å². The van der Waals surface area contributed by atoms with Crippen molar-refractivity contribution in [3.63, 3.8) is 0 Å². The van der Waals surface area contributed by atoms with Crippen molar-refractivity contribution in [2.24, 2.45) is 5.10 Å². The van der Waals surface area contributed by atoms with Gasteiger partial charge in [0.1, 0.15) is 5.82 Å². The van der Waals surface area contributed by atoms with Gasteiger partial charge in [-0.1, -0.05) is 0 Å². The molecule has 2 rings (SSSR count). The summed E-state index contributed by atoms with van der Waals surface area (Å²) in [6.07, 6.45) is -4.52. The number of hydrazone groups is 1. The van der Waals surface area contributed by atoms with E-state index in [-0.39, 0.29) is 24.3 Å². The van der Waals surface area contributed by atoms with Gasteiger partial charge in [-0.25, -0.2) is 9.40 Å². The van der Waals surface area contributed by atoms with E-state index in [1.165, 1.54) is 7.05 Å². The Morgan fingerprint density at radius 2 is 2.00 bits per heavy atom. The topological polar surface area (TPSA) is 32.7 Å². The number of amides is 1. The van der Waals surface area contributed by atoms with Crippen LogP contribution in [0.2, 0.25) is 0 Å². The Bertz CT molecular complexity index is 551. The van der Waals surface area contributed by atoms with Crippen molar-refractivity contribution in [2.45, 2.75) is 19.0 Å². The Hall–Kier alpha value is -1.92. The number of carbonyl (C=O) groups is 1. The highest BCUT2D eigenvalue weighted by molar-refractivity contribution is 6.05. The molecule has 0 radical (unpaired) electrons. The molecule has 1 aliphatic rings. The zero-order chi connectivity index (χ0) is 14.2. The van der Waals surface area contributed by atoms with E-state index in [2.05, 4.69) is 5.10 Å². The first-order chi connectivity index (χ1) is 8.75. The molecule has 0 saturated carbocycles. The summed E-state index contributed by atoms with van der Waals surface area (Å²) >= 11 is 0. The largest absolute Gasteiger partial charge is 0.416 e. The highest BCUT2D eigenvalue weighted by atomic mass is 19.4. The molecule has 0 fully saturated rings. The summed E-state index contributed by atoms with van der Waals surface area (Å²) in [4.78, 5) is 11.2. The van der Waals surface area contributed by atoms with Crippen LogP contribution in [0, 0.1) is 5.82 Å². The first-order valence-corrected chi connectivity index (χ1v) is 5.45. The van der Waals surface area contributed by atoms with Gasteiger partial charge in [0.2, 0.25) is 5.91 Å². The van der Waals surface area contributed by atoms with E-state index < -0.39 is 17.6 Å². The lowest BCUT2D eigenvalue weighted by Gasteiger charge is -2.09. The monoisotopic (exact) mass is 274 g/mol. The summed E-state index contributed by atoms with van der Waals surface area (Å²) in [7, 11) is 1.46. The molecule has 0 atom stereocenters. The van der Waals surface area contributed by atoms with E-state index in [9.17, 15) is 22.4 Å². The van der Waals surface area contributed by atoms with Gasteiger partial charge in [0.15, 0.2) is 0 Å². The highest BCUT2D eigenvalue weighted by Gasteiger charge is 2.31. The summed E-state index contributed by atoms with van der Waals surface area (Å²) in [6, 6.07) is 2.33. The lowest BCUT2D eigenvalue weighted by Crippen LogP contribution is -2.14. The van der Waals surface area contributed by atoms with Gasteiger partial charge in [-0.05, 0) is 23.8 Å². The Kier molecular flexibility index (Phi) is 3.30. The minimum Gasteiger partial charge on any atom is -0.273 e. The van der Waals surface area contributed by atoms with Crippen molar-refractivity contribution < 1.29 is 22.4 Å². The van der Waals surface area contributed by atoms with Crippen LogP contribution in [0.5, 0.6) is 0 Å². The van der Waals surface area contributed by atoms with Crippen molar-refractivity contribution in [1.82, 2.24) is 5.01 Å². The van der Waals surface area contributed by atoms with E-state index >= 15 is 0 Å². The van der Waals surface area contributed by atoms with E-state index in [4.69, 9.17) is 0 Å². The third kappa shape index (κ3) is 3.10. The van der Waals surface area contributed by atoms with Gasteiger partial charge in [0.05, 0.1) is 17.7 Å². The molecular formula is C12H10F4N2O. The fourth-order valence-corrected chi connectivity index (χ4v) is 1.84. The summed E-state index contributed by atoms with van der Waals surface area (Å²) in [5, 5.41) is 5.01. The van der Waals surface area contributed by atoms with Gasteiger partial charge in [0, 0.05) is 13.5 Å². The lowest BCUT2D eigenvalue weighted by molar-refractivity contribution is -0.137. The molecule has 1 aliphatic heterocycles. The number of nitrogens with zero attached hydrogens (tertiary/aromatic N) is 2. The molecule has 0 unspecified atom stereocenters. The van der Waals surface area contributed by atoms with Crippen LogP contribution in [0.25, 0.3) is 0 Å². The zero-order valence-corrected chi connectivity index (χ0v) is 9.96. The number of halogens is 4. The maximum Gasteiger partial charge on any atom is 0.416 e. The first-order valence-electron chi connectivity index (χ1n) is 5.45. The normalized spacial score (nSPS) is 15.9. The van der Waals surface area contributed by atoms with Crippen molar-refractivity contribution >= 4 is 11.6 Å². The number of benzene rings is 1. The van der Waals surface area contributed by atoms with Crippen LogP contribution in [0.15, 0.2) is 23.3 Å². The Morgan fingerprint density at radius 3 is 2.53 bits per heavy atom. The smallest absolute Gasteiger partial charge is 0.273 e. The molecule has 102 valence electrons. The summed E-state index contributed by atoms with van der Waals surface area (Å²) in [5.41, 5.74) is -0.471. The van der Waals surface area contributed by atoms with Crippen LogP contribution >= 0.6 is 0 Å². The number of rotatable bonds is 2. The van der Waals surface area contributed by atoms with E-state index in [1.807, 2.05) is 0 Å². The number of carbonyl (C=O) groups excluding carboxylic acids is 1. The van der Waals surface area contributed by atoms with E-state index in [0.717, 1.165) is 17.1 Å². The van der Waals surface area contributed by atoms with Crippen molar-refractivity contribution in [3.8, 4) is 0 Å². The van der Waals surface area contributed by atoms with Gasteiger partial charge in [-0.15, -0.1) is 0 Å². The predicted octanol–water partition coefficient (Wildman–Crippen LogP) is 2.61. The Morgan fingerprint density at radius 1 is 1.32 bits per heavy atom. The quantitative estimate of drug-likeness (QED) is 0.763. The summed E-state index contributed by atoms with van der Waals surface area (Å²) in [6.45, 7) is 0. The molecule has 7 heteroatoms. The molecule has 3 nitrogen and oxygen atoms in total. The number of alkyl halides is 3. The molecular weight excluding hydrogens is 264 g/mol. The standard InChI is InChI=1S/C12H10F4N2O/c1-18-11(19)6-10(17-18)4-7-2-8(12(14,15)16)5-9(13)3-7/h2-3,5H,4,6H2,1H3. The number of hydrogen-bond donors (Lipinski definition) is 0. The van der Waals surface area contributed by atoms with Crippen molar-refractivity contribution in [1.29, 1.82) is 0 Å². The first kappa shape index (κ1) is 13.5. The highest BCUT2D eigenvalue weighted by Crippen LogP contribution is 2.30. The van der Waals surface area contributed by atoms with Crippen LogP contribution in [0.4, 0.5) is 17.6 Å². The van der Waals surface area contributed by atoms with Gasteiger partial charge >= 0.3 is 6.18 Å². The van der Waals surface area contributed by atoms with E-state index in [0.29, 0.717) is 11.8 Å². The zero-order valence-electron chi connectivity index (χ0n) is 9.96. The number of hydrogen-bond acceptors (Lipinski definition) is 2. The third-order valence-corrected chi connectivity index (χ3v) is 2.70. The van der Waals surface area contributed by atoms with Crippen LogP contribution in [-0.4, -0.2) is 23.7 Å². The molecule has 0 spiro atoms. The van der Waals surface area contributed by atoms with Crippen LogP contribution in [0.1, 0.15) is 17.5 Å². The minimum atomic E-state index is -4.60. The molecule has 0 aliphatic carbocycles. The average Bonchev–Trinajstić information content (AvgIpc) is 2.55. The molecule has 19 heavy (non-hydrogen) atoms. The second-order valence-electron chi connectivity index (χ2n) is 4.28. The minimum absolute atomic E-state index is 0.0247. The average molecular weight is 274 g/mol. The van der Waals surface area contributed by atoms with Crippen molar-refractivity contribution in [3.05, 3.63) is 35.1 Å². The van der Waals surface area contributed by atoms with E-state index in [1.54, 1.807) is 0 Å². The second-order valence-corrected chi connectivity index (χ2v) is 4.28. The SMILES string of the molecule is CN1N=C(Cc2cc(F)cc(C(F)(F)F)c2)CC1=O. The molecule has 0 bridgehead atoms. The fourth-order valence-electron chi connectivity index (χ4n) is 1.84. The Balaban J connectivity index is 2.24. The lowest BCUT2D eigenvalue weighted by atomic mass is 10.0. The third-order valence-electron chi connectivity index (χ3n) is 2.70. The van der Waals surface area contributed by atoms with Gasteiger partial charge < -0.3 is 0 Å².